The third-order valence-electron chi connectivity index (χ3n) is 2.80. The van der Waals surface area contributed by atoms with E-state index in [1.54, 1.807) is 5.38 Å². The Morgan fingerprint density at radius 3 is 2.67 bits per heavy atom. The molecule has 0 saturated carbocycles. The zero-order chi connectivity index (χ0) is 15.2. The highest BCUT2D eigenvalue weighted by Crippen LogP contribution is 2.22. The predicted molar refractivity (Wildman–Crippen MR) is 76.9 cm³/mol. The number of carboxylic acid groups (broad SMARTS) is 1. The van der Waals surface area contributed by atoms with E-state index in [1.807, 2.05) is 30.3 Å². The summed E-state index contributed by atoms with van der Waals surface area (Å²) in [6, 6.07) is 8.03. The van der Waals surface area contributed by atoms with Crippen molar-refractivity contribution in [2.75, 3.05) is 7.05 Å². The van der Waals surface area contributed by atoms with Crippen LogP contribution in [0.5, 0.6) is 0 Å². The number of likely N-dealkylation sites (N-methyl/N-ethyl adjacent to an activating group) is 1. The molecule has 0 aliphatic rings. The normalized spacial score (nSPS) is 11.7. The molecular formula is C14H14N2O4S. The van der Waals surface area contributed by atoms with E-state index in [-0.39, 0.29) is 6.61 Å². The van der Waals surface area contributed by atoms with Gasteiger partial charge in [0.05, 0.1) is 0 Å². The fraction of sp³-hybridized carbons (Fsp3) is 0.214. The third kappa shape index (κ3) is 3.79. The number of rotatable bonds is 5. The van der Waals surface area contributed by atoms with Crippen LogP contribution in [-0.2, 0) is 16.1 Å². The maximum atomic E-state index is 12.0. The number of hydrogen-bond acceptors (Lipinski definition) is 5. The van der Waals surface area contributed by atoms with Gasteiger partial charge in [-0.05, 0) is 5.56 Å². The number of amides is 1. The summed E-state index contributed by atoms with van der Waals surface area (Å²) >= 11 is 1.18. The SMILES string of the molecule is CN(C(=O)OCc1ccccc1)C(C(=O)O)c1nccs1. The Morgan fingerprint density at radius 2 is 2.10 bits per heavy atom. The smallest absolute Gasteiger partial charge is 0.410 e. The molecule has 1 heterocycles. The number of nitrogens with zero attached hydrogens (tertiary/aromatic N) is 2. The monoisotopic (exact) mass is 306 g/mol. The first-order valence-corrected chi connectivity index (χ1v) is 7.03. The number of aliphatic carboxylic acids is 1. The van der Waals surface area contributed by atoms with Crippen LogP contribution in [0.4, 0.5) is 4.79 Å². The minimum atomic E-state index is -1.15. The first-order chi connectivity index (χ1) is 10.1. The molecule has 2 rings (SSSR count). The van der Waals surface area contributed by atoms with Gasteiger partial charge in [-0.2, -0.15) is 0 Å². The van der Waals surface area contributed by atoms with Gasteiger partial charge in [0.1, 0.15) is 11.6 Å². The minimum absolute atomic E-state index is 0.0915. The van der Waals surface area contributed by atoms with Crippen LogP contribution in [0, 0.1) is 0 Å². The lowest BCUT2D eigenvalue weighted by molar-refractivity contribution is -0.142. The minimum Gasteiger partial charge on any atom is -0.479 e. The van der Waals surface area contributed by atoms with Gasteiger partial charge in [0.2, 0.25) is 0 Å². The quantitative estimate of drug-likeness (QED) is 0.918. The zero-order valence-electron chi connectivity index (χ0n) is 11.3. The van der Waals surface area contributed by atoms with Crippen LogP contribution in [0.15, 0.2) is 41.9 Å². The largest absolute Gasteiger partial charge is 0.479 e. The Morgan fingerprint density at radius 1 is 1.38 bits per heavy atom. The summed E-state index contributed by atoms with van der Waals surface area (Å²) in [6.07, 6.45) is 0.792. The second kappa shape index (κ2) is 6.85. The molecule has 0 saturated heterocycles. The van der Waals surface area contributed by atoms with Crippen molar-refractivity contribution in [1.82, 2.24) is 9.88 Å². The molecule has 6 nitrogen and oxygen atoms in total. The molecule has 1 N–H and O–H groups in total. The number of hydrogen-bond donors (Lipinski definition) is 1. The highest BCUT2D eigenvalue weighted by Gasteiger charge is 2.31. The van der Waals surface area contributed by atoms with E-state index in [0.717, 1.165) is 10.5 Å². The van der Waals surface area contributed by atoms with Gasteiger partial charge >= 0.3 is 12.1 Å². The zero-order valence-corrected chi connectivity index (χ0v) is 12.1. The number of carbonyl (C=O) groups is 2. The number of carbonyl (C=O) groups excluding carboxylic acids is 1. The molecule has 0 bridgehead atoms. The van der Waals surface area contributed by atoms with Gasteiger partial charge in [-0.25, -0.2) is 14.6 Å². The highest BCUT2D eigenvalue weighted by atomic mass is 32.1. The van der Waals surface area contributed by atoms with Gasteiger partial charge < -0.3 is 9.84 Å². The number of benzene rings is 1. The molecule has 1 atom stereocenters. The van der Waals surface area contributed by atoms with E-state index in [2.05, 4.69) is 4.98 Å². The van der Waals surface area contributed by atoms with E-state index in [0.29, 0.717) is 5.01 Å². The van der Waals surface area contributed by atoms with E-state index < -0.39 is 18.1 Å². The van der Waals surface area contributed by atoms with Crippen molar-refractivity contribution in [3.8, 4) is 0 Å². The Hall–Kier alpha value is -2.41. The summed E-state index contributed by atoms with van der Waals surface area (Å²) in [4.78, 5) is 28.3. The summed E-state index contributed by atoms with van der Waals surface area (Å²) in [7, 11) is 1.38. The molecule has 7 heteroatoms. The van der Waals surface area contributed by atoms with E-state index in [1.165, 1.54) is 24.6 Å². The Kier molecular flexibility index (Phi) is 4.89. The Balaban J connectivity index is 2.02. The number of thiazole rings is 1. The lowest BCUT2D eigenvalue weighted by atomic mass is 10.2. The van der Waals surface area contributed by atoms with Crippen LogP contribution in [0.25, 0.3) is 0 Å². The van der Waals surface area contributed by atoms with Crippen LogP contribution >= 0.6 is 11.3 Å². The molecule has 1 aromatic heterocycles. The van der Waals surface area contributed by atoms with Gasteiger partial charge in [0.15, 0.2) is 6.04 Å². The lowest BCUT2D eigenvalue weighted by Gasteiger charge is -2.22. The molecule has 0 aliphatic heterocycles. The topological polar surface area (TPSA) is 79.7 Å². The van der Waals surface area contributed by atoms with Gasteiger partial charge in [-0.15, -0.1) is 11.3 Å². The summed E-state index contributed by atoms with van der Waals surface area (Å²) < 4.78 is 5.12. The van der Waals surface area contributed by atoms with E-state index >= 15 is 0 Å². The Bertz CT molecular complexity index is 601. The summed E-state index contributed by atoms with van der Waals surface area (Å²) in [5, 5.41) is 11.3. The van der Waals surface area contributed by atoms with Crippen LogP contribution in [0.1, 0.15) is 16.6 Å². The molecule has 1 aromatic carbocycles. The van der Waals surface area contributed by atoms with Gasteiger partial charge in [0, 0.05) is 18.6 Å². The predicted octanol–water partition coefficient (Wildman–Crippen LogP) is 2.54. The van der Waals surface area contributed by atoms with Crippen molar-refractivity contribution < 1.29 is 19.4 Å². The first-order valence-electron chi connectivity index (χ1n) is 6.15. The van der Waals surface area contributed by atoms with E-state index in [9.17, 15) is 14.7 Å². The Labute approximate surface area is 125 Å². The maximum absolute atomic E-state index is 12.0. The lowest BCUT2D eigenvalue weighted by Crippen LogP contribution is -2.36. The molecular weight excluding hydrogens is 292 g/mol. The molecule has 0 radical (unpaired) electrons. The molecule has 110 valence electrons. The van der Waals surface area contributed by atoms with Crippen LogP contribution in [-0.4, -0.2) is 34.1 Å². The summed E-state index contributed by atoms with van der Waals surface area (Å²) in [6.45, 7) is 0.0915. The first kappa shape index (κ1) is 15.0. The second-order valence-corrected chi connectivity index (χ2v) is 5.19. The summed E-state index contributed by atoms with van der Waals surface area (Å²) in [5.74, 6) is -1.15. The van der Waals surface area contributed by atoms with Crippen LogP contribution in [0.3, 0.4) is 0 Å². The average molecular weight is 306 g/mol. The third-order valence-corrected chi connectivity index (χ3v) is 3.63. The molecule has 0 fully saturated rings. The van der Waals surface area contributed by atoms with Crippen molar-refractivity contribution in [3.63, 3.8) is 0 Å². The molecule has 0 spiro atoms. The average Bonchev–Trinajstić information content (AvgIpc) is 2.99. The van der Waals surface area contributed by atoms with Gasteiger partial charge in [0.25, 0.3) is 0 Å². The fourth-order valence-corrected chi connectivity index (χ4v) is 2.50. The van der Waals surface area contributed by atoms with Gasteiger partial charge in [-0.1, -0.05) is 30.3 Å². The molecule has 1 amide bonds. The number of carboxylic acids is 1. The fourth-order valence-electron chi connectivity index (χ4n) is 1.73. The molecule has 1 unspecified atom stereocenters. The standard InChI is InChI=1S/C14H14N2O4S/c1-16(11(13(17)18)12-15-7-8-21-12)14(19)20-9-10-5-3-2-4-6-10/h2-8,11H,9H2,1H3,(H,17,18). The van der Waals surface area contributed by atoms with Crippen molar-refractivity contribution in [1.29, 1.82) is 0 Å². The molecule has 21 heavy (non-hydrogen) atoms. The van der Waals surface area contributed by atoms with E-state index in [4.69, 9.17) is 4.74 Å². The highest BCUT2D eigenvalue weighted by molar-refractivity contribution is 7.09. The maximum Gasteiger partial charge on any atom is 0.410 e. The molecule has 2 aromatic rings. The van der Waals surface area contributed by atoms with Crippen molar-refractivity contribution in [3.05, 3.63) is 52.5 Å². The number of ether oxygens (including phenoxy) is 1. The van der Waals surface area contributed by atoms with Crippen LogP contribution in [0.2, 0.25) is 0 Å². The van der Waals surface area contributed by atoms with Gasteiger partial charge in [-0.3, -0.25) is 4.90 Å². The molecule has 0 aliphatic carbocycles. The second-order valence-electron chi connectivity index (χ2n) is 4.26. The van der Waals surface area contributed by atoms with Crippen LogP contribution < -0.4 is 0 Å². The number of aromatic nitrogens is 1. The van der Waals surface area contributed by atoms with Crippen molar-refractivity contribution in [2.24, 2.45) is 0 Å². The van der Waals surface area contributed by atoms with Crippen molar-refractivity contribution in [2.45, 2.75) is 12.6 Å². The van der Waals surface area contributed by atoms with Crippen molar-refractivity contribution >= 4 is 23.4 Å². The summed E-state index contributed by atoms with van der Waals surface area (Å²) in [5.41, 5.74) is 0.834.